The maximum atomic E-state index is 11.0. The highest BCUT2D eigenvalue weighted by Gasteiger charge is 2.17. The van der Waals surface area contributed by atoms with Gasteiger partial charge in [-0.3, -0.25) is 14.9 Å². The van der Waals surface area contributed by atoms with Gasteiger partial charge < -0.3 is 15.0 Å². The number of non-ortho nitro benzene ring substituents is 1. The lowest BCUT2D eigenvalue weighted by atomic mass is 10.1. The number of methoxy groups -OCH3 is 1. The van der Waals surface area contributed by atoms with Gasteiger partial charge in [0.05, 0.1) is 18.1 Å². The van der Waals surface area contributed by atoms with Crippen molar-refractivity contribution in [3.05, 3.63) is 39.9 Å². The summed E-state index contributed by atoms with van der Waals surface area (Å²) < 4.78 is 4.57. The summed E-state index contributed by atoms with van der Waals surface area (Å²) in [6.45, 7) is 2.47. The minimum absolute atomic E-state index is 0.0553. The van der Waals surface area contributed by atoms with Crippen LogP contribution >= 0.6 is 12.2 Å². The number of hydrogen-bond donors (Lipinski definition) is 1. The predicted molar refractivity (Wildman–Crippen MR) is 91.1 cm³/mol. The molecule has 0 saturated carbocycles. The number of nitro benzene ring substituents is 1. The molecule has 1 atom stereocenters. The second kappa shape index (κ2) is 9.04. The third-order valence-electron chi connectivity index (χ3n) is 3.53. The molecular weight excluding hydrogens is 318 g/mol. The van der Waals surface area contributed by atoms with Crippen molar-refractivity contribution in [3.8, 4) is 0 Å². The summed E-state index contributed by atoms with van der Waals surface area (Å²) >= 11 is 5.31. The second-order valence-electron chi connectivity index (χ2n) is 5.05. The standard InChI is InChI=1S/C15H21N3O4S/c1-11(12-6-4-7-13(10-12)18(20)21)17(2)15(23)16-9-5-8-14(19)22-3/h4,6-7,10-11H,5,8-9H2,1-3H3,(H,16,23)/t11-/m0/s1. The normalized spacial score (nSPS) is 11.4. The van der Waals surface area contributed by atoms with E-state index in [1.54, 1.807) is 12.1 Å². The highest BCUT2D eigenvalue weighted by molar-refractivity contribution is 7.80. The van der Waals surface area contributed by atoms with Gasteiger partial charge in [0.15, 0.2) is 5.11 Å². The van der Waals surface area contributed by atoms with Crippen molar-refractivity contribution in [2.75, 3.05) is 20.7 Å². The number of hydrogen-bond acceptors (Lipinski definition) is 5. The fourth-order valence-corrected chi connectivity index (χ4v) is 2.21. The van der Waals surface area contributed by atoms with Gasteiger partial charge in [-0.05, 0) is 31.1 Å². The van der Waals surface area contributed by atoms with Crippen LogP contribution in [0, 0.1) is 10.1 Å². The van der Waals surface area contributed by atoms with E-state index < -0.39 is 4.92 Å². The molecule has 0 aliphatic heterocycles. The van der Waals surface area contributed by atoms with Crippen LogP contribution < -0.4 is 5.32 Å². The Kier molecular flexibility index (Phi) is 7.40. The van der Waals surface area contributed by atoms with Crippen LogP contribution in [0.2, 0.25) is 0 Å². The molecule has 0 aromatic heterocycles. The first-order chi connectivity index (χ1) is 10.9. The van der Waals surface area contributed by atoms with Crippen molar-refractivity contribution in [2.45, 2.75) is 25.8 Å². The van der Waals surface area contributed by atoms with E-state index in [4.69, 9.17) is 12.2 Å². The molecule has 0 amide bonds. The van der Waals surface area contributed by atoms with Gasteiger partial charge in [0.1, 0.15) is 0 Å². The van der Waals surface area contributed by atoms with E-state index in [1.165, 1.54) is 13.2 Å². The Labute approximate surface area is 140 Å². The van der Waals surface area contributed by atoms with Gasteiger partial charge in [0.2, 0.25) is 0 Å². The van der Waals surface area contributed by atoms with E-state index in [0.29, 0.717) is 24.5 Å². The Morgan fingerprint density at radius 2 is 2.22 bits per heavy atom. The number of rotatable bonds is 7. The zero-order valence-electron chi connectivity index (χ0n) is 13.4. The number of carbonyl (C=O) groups is 1. The lowest BCUT2D eigenvalue weighted by molar-refractivity contribution is -0.384. The molecule has 23 heavy (non-hydrogen) atoms. The molecule has 0 heterocycles. The quantitative estimate of drug-likeness (QED) is 0.268. The molecule has 0 radical (unpaired) electrons. The Hall–Kier alpha value is -2.22. The van der Waals surface area contributed by atoms with E-state index >= 15 is 0 Å². The first-order valence-electron chi connectivity index (χ1n) is 7.18. The van der Waals surface area contributed by atoms with Gasteiger partial charge in [-0.1, -0.05) is 12.1 Å². The maximum Gasteiger partial charge on any atom is 0.305 e. The molecule has 0 bridgehead atoms. The molecule has 0 aliphatic carbocycles. The van der Waals surface area contributed by atoms with Crippen LogP contribution in [-0.4, -0.2) is 41.6 Å². The monoisotopic (exact) mass is 339 g/mol. The van der Waals surface area contributed by atoms with Crippen molar-refractivity contribution >= 4 is 29.0 Å². The van der Waals surface area contributed by atoms with Gasteiger partial charge in [-0.15, -0.1) is 0 Å². The number of nitro groups is 1. The number of ether oxygens (including phenoxy) is 1. The lowest BCUT2D eigenvalue weighted by Gasteiger charge is -2.28. The van der Waals surface area contributed by atoms with Gasteiger partial charge >= 0.3 is 5.97 Å². The van der Waals surface area contributed by atoms with Crippen molar-refractivity contribution in [1.29, 1.82) is 0 Å². The average Bonchev–Trinajstić information content (AvgIpc) is 2.56. The summed E-state index contributed by atoms with van der Waals surface area (Å²) in [6.07, 6.45) is 0.947. The van der Waals surface area contributed by atoms with Gasteiger partial charge in [-0.2, -0.15) is 0 Å². The van der Waals surface area contributed by atoms with Crippen molar-refractivity contribution < 1.29 is 14.5 Å². The van der Waals surface area contributed by atoms with Crippen LogP contribution in [0.25, 0.3) is 0 Å². The molecule has 126 valence electrons. The van der Waals surface area contributed by atoms with Crippen LogP contribution in [0.3, 0.4) is 0 Å². The van der Waals surface area contributed by atoms with E-state index in [0.717, 1.165) is 5.56 Å². The molecular formula is C15H21N3O4S. The van der Waals surface area contributed by atoms with Crippen LogP contribution in [0.15, 0.2) is 24.3 Å². The fraction of sp³-hybridized carbons (Fsp3) is 0.467. The average molecular weight is 339 g/mol. The number of nitrogens with one attached hydrogen (secondary N) is 1. The van der Waals surface area contributed by atoms with Gasteiger partial charge in [-0.25, -0.2) is 0 Å². The van der Waals surface area contributed by atoms with Crippen molar-refractivity contribution in [2.24, 2.45) is 0 Å². The van der Waals surface area contributed by atoms with Crippen LogP contribution in [-0.2, 0) is 9.53 Å². The Bertz CT molecular complexity index is 580. The summed E-state index contributed by atoms with van der Waals surface area (Å²) in [5, 5.41) is 14.4. The summed E-state index contributed by atoms with van der Waals surface area (Å²) in [6, 6.07) is 6.37. The highest BCUT2D eigenvalue weighted by Crippen LogP contribution is 2.22. The first-order valence-corrected chi connectivity index (χ1v) is 7.59. The maximum absolute atomic E-state index is 11.0. The van der Waals surface area contributed by atoms with E-state index in [1.807, 2.05) is 24.9 Å². The number of carbonyl (C=O) groups excluding carboxylic acids is 1. The SMILES string of the molecule is COC(=O)CCCNC(=S)N(C)[C@@H](C)c1cccc([N+](=O)[O-])c1. The summed E-state index contributed by atoms with van der Waals surface area (Å²) in [7, 11) is 3.17. The molecule has 1 aromatic rings. The summed E-state index contributed by atoms with van der Waals surface area (Å²) in [5.41, 5.74) is 0.861. The van der Waals surface area contributed by atoms with Crippen LogP contribution in [0.1, 0.15) is 31.4 Å². The number of nitrogens with zero attached hydrogens (tertiary/aromatic N) is 2. The zero-order chi connectivity index (χ0) is 17.4. The van der Waals surface area contributed by atoms with Gasteiger partial charge in [0.25, 0.3) is 5.69 Å². The van der Waals surface area contributed by atoms with Gasteiger partial charge in [0, 0.05) is 32.1 Å². The molecule has 0 unspecified atom stereocenters. The lowest BCUT2D eigenvalue weighted by Crippen LogP contribution is -2.39. The Morgan fingerprint density at radius 1 is 1.52 bits per heavy atom. The molecule has 1 aromatic carbocycles. The van der Waals surface area contributed by atoms with E-state index in [2.05, 4.69) is 10.1 Å². The van der Waals surface area contributed by atoms with Crippen LogP contribution in [0.5, 0.6) is 0 Å². The Morgan fingerprint density at radius 3 is 2.83 bits per heavy atom. The molecule has 1 rings (SSSR count). The summed E-state index contributed by atoms with van der Waals surface area (Å²) in [5.74, 6) is -0.254. The topological polar surface area (TPSA) is 84.7 Å². The molecule has 0 spiro atoms. The largest absolute Gasteiger partial charge is 0.469 e. The second-order valence-corrected chi connectivity index (χ2v) is 5.44. The molecule has 1 N–H and O–H groups in total. The number of thiocarbonyl (C=S) groups is 1. The van der Waals surface area contributed by atoms with E-state index in [9.17, 15) is 14.9 Å². The minimum atomic E-state index is -0.417. The molecule has 8 heteroatoms. The van der Waals surface area contributed by atoms with E-state index in [-0.39, 0.29) is 17.7 Å². The summed E-state index contributed by atoms with van der Waals surface area (Å²) in [4.78, 5) is 23.3. The van der Waals surface area contributed by atoms with Crippen molar-refractivity contribution in [3.63, 3.8) is 0 Å². The third kappa shape index (κ3) is 5.82. The minimum Gasteiger partial charge on any atom is -0.469 e. The third-order valence-corrected chi connectivity index (χ3v) is 3.96. The molecule has 0 saturated heterocycles. The molecule has 7 nitrogen and oxygen atoms in total. The molecule has 0 aliphatic rings. The fourth-order valence-electron chi connectivity index (χ4n) is 1.95. The predicted octanol–water partition coefficient (Wildman–Crippen LogP) is 2.42. The highest BCUT2D eigenvalue weighted by atomic mass is 32.1. The smallest absolute Gasteiger partial charge is 0.305 e. The number of benzene rings is 1. The number of esters is 1. The van der Waals surface area contributed by atoms with Crippen molar-refractivity contribution in [1.82, 2.24) is 10.2 Å². The molecule has 0 fully saturated rings. The zero-order valence-corrected chi connectivity index (χ0v) is 14.3. The Balaban J connectivity index is 2.56. The first kappa shape index (κ1) is 18.8. The van der Waals surface area contributed by atoms with Crippen LogP contribution in [0.4, 0.5) is 5.69 Å².